The first-order chi connectivity index (χ1) is 6.11. The van der Waals surface area contributed by atoms with Gasteiger partial charge in [0.1, 0.15) is 12.2 Å². The molecule has 0 amide bonds. The number of nitrogens with zero attached hydrogens (tertiary/aromatic N) is 1. The normalized spacial score (nSPS) is 42.2. The second-order valence-corrected chi connectivity index (χ2v) is 3.39. The van der Waals surface area contributed by atoms with Crippen LogP contribution in [0.1, 0.15) is 6.92 Å². The molecule has 13 heavy (non-hydrogen) atoms. The molecule has 0 saturated carbocycles. The van der Waals surface area contributed by atoms with Crippen LogP contribution >= 0.6 is 0 Å². The van der Waals surface area contributed by atoms with Gasteiger partial charge in [0.05, 0.1) is 18.8 Å². The van der Waals surface area contributed by atoms with Crippen molar-refractivity contribution in [3.63, 3.8) is 0 Å². The number of piperidine rings is 1. The molecule has 1 aliphatic rings. The van der Waals surface area contributed by atoms with Gasteiger partial charge in [0.15, 0.2) is 0 Å². The molecule has 1 heterocycles. The van der Waals surface area contributed by atoms with E-state index in [9.17, 15) is 15.3 Å². The van der Waals surface area contributed by atoms with E-state index in [1.807, 2.05) is 6.92 Å². The molecule has 0 aliphatic carbocycles. The summed E-state index contributed by atoms with van der Waals surface area (Å²) in [5.41, 5.74) is 0. The molecule has 5 nitrogen and oxygen atoms in total. The predicted octanol–water partition coefficient (Wildman–Crippen LogP) is -2.23. The standard InChI is InChI=1S/C8H17NO4/c1-2-9-3-6(11)8(13)7(12)5(9)4-10/h5-8,10-13H,2-4H2,1H3/t5?,6-,7+,8+/m0/s1. The van der Waals surface area contributed by atoms with Crippen molar-refractivity contribution in [1.82, 2.24) is 4.90 Å². The molecule has 1 unspecified atom stereocenters. The first-order valence-corrected chi connectivity index (χ1v) is 4.51. The van der Waals surface area contributed by atoms with Gasteiger partial charge in [-0.2, -0.15) is 0 Å². The molecule has 0 radical (unpaired) electrons. The highest BCUT2D eigenvalue weighted by Gasteiger charge is 2.40. The third-order valence-corrected chi connectivity index (χ3v) is 2.62. The van der Waals surface area contributed by atoms with Crippen LogP contribution in [0.3, 0.4) is 0 Å². The van der Waals surface area contributed by atoms with Gasteiger partial charge in [-0.05, 0) is 6.54 Å². The Hall–Kier alpha value is -0.200. The molecular weight excluding hydrogens is 174 g/mol. The van der Waals surface area contributed by atoms with Crippen molar-refractivity contribution in [1.29, 1.82) is 0 Å². The summed E-state index contributed by atoms with van der Waals surface area (Å²) in [4.78, 5) is 1.75. The number of likely N-dealkylation sites (tertiary alicyclic amines) is 1. The summed E-state index contributed by atoms with van der Waals surface area (Å²) in [7, 11) is 0. The zero-order valence-electron chi connectivity index (χ0n) is 7.67. The van der Waals surface area contributed by atoms with Crippen LogP contribution < -0.4 is 0 Å². The van der Waals surface area contributed by atoms with E-state index in [4.69, 9.17) is 5.11 Å². The van der Waals surface area contributed by atoms with E-state index in [-0.39, 0.29) is 6.61 Å². The van der Waals surface area contributed by atoms with Gasteiger partial charge in [-0.1, -0.05) is 6.92 Å². The summed E-state index contributed by atoms with van der Waals surface area (Å²) in [6.45, 7) is 2.59. The highest BCUT2D eigenvalue weighted by Crippen LogP contribution is 2.18. The fraction of sp³-hybridized carbons (Fsp3) is 1.00. The SMILES string of the molecule is CCN1C[C@H](O)[C@@H](O)[C@H](O)C1CO. The van der Waals surface area contributed by atoms with Crippen molar-refractivity contribution in [3.8, 4) is 0 Å². The third kappa shape index (κ3) is 2.00. The number of hydrogen-bond acceptors (Lipinski definition) is 5. The molecule has 1 saturated heterocycles. The van der Waals surface area contributed by atoms with Crippen LogP contribution in [0, 0.1) is 0 Å². The average molecular weight is 191 g/mol. The quantitative estimate of drug-likeness (QED) is 0.397. The molecule has 1 aliphatic heterocycles. The van der Waals surface area contributed by atoms with Gasteiger partial charge in [0.25, 0.3) is 0 Å². The highest BCUT2D eigenvalue weighted by atomic mass is 16.4. The Labute approximate surface area is 77.2 Å². The Morgan fingerprint density at radius 2 is 1.85 bits per heavy atom. The van der Waals surface area contributed by atoms with Gasteiger partial charge < -0.3 is 20.4 Å². The van der Waals surface area contributed by atoms with Crippen LogP contribution in [0.15, 0.2) is 0 Å². The van der Waals surface area contributed by atoms with Gasteiger partial charge in [0, 0.05) is 6.54 Å². The Bertz CT molecular complexity index is 164. The van der Waals surface area contributed by atoms with Gasteiger partial charge >= 0.3 is 0 Å². The lowest BCUT2D eigenvalue weighted by Gasteiger charge is -2.42. The summed E-state index contributed by atoms with van der Waals surface area (Å²) >= 11 is 0. The fourth-order valence-electron chi connectivity index (χ4n) is 1.74. The van der Waals surface area contributed by atoms with E-state index < -0.39 is 24.4 Å². The zero-order chi connectivity index (χ0) is 10.0. The lowest BCUT2D eigenvalue weighted by atomic mass is 9.94. The number of hydrogen-bond donors (Lipinski definition) is 4. The molecule has 0 bridgehead atoms. The summed E-state index contributed by atoms with van der Waals surface area (Å²) < 4.78 is 0. The minimum atomic E-state index is -1.15. The number of aliphatic hydroxyl groups excluding tert-OH is 4. The lowest BCUT2D eigenvalue weighted by molar-refractivity contribution is -0.143. The first-order valence-electron chi connectivity index (χ1n) is 4.51. The van der Waals surface area contributed by atoms with E-state index in [0.29, 0.717) is 13.1 Å². The minimum Gasteiger partial charge on any atom is -0.395 e. The topological polar surface area (TPSA) is 84.2 Å². The number of rotatable bonds is 2. The van der Waals surface area contributed by atoms with Crippen LogP contribution in [0.5, 0.6) is 0 Å². The smallest absolute Gasteiger partial charge is 0.109 e. The van der Waals surface area contributed by atoms with Crippen molar-refractivity contribution in [2.75, 3.05) is 19.7 Å². The van der Waals surface area contributed by atoms with Gasteiger partial charge in [0.2, 0.25) is 0 Å². The van der Waals surface area contributed by atoms with Crippen molar-refractivity contribution in [2.45, 2.75) is 31.3 Å². The first kappa shape index (κ1) is 10.9. The van der Waals surface area contributed by atoms with Gasteiger partial charge in [-0.3, -0.25) is 4.90 Å². The lowest BCUT2D eigenvalue weighted by Crippen LogP contribution is -2.62. The van der Waals surface area contributed by atoms with Crippen LogP contribution in [0.25, 0.3) is 0 Å². The molecule has 5 heteroatoms. The molecule has 1 rings (SSSR count). The van der Waals surface area contributed by atoms with Crippen molar-refractivity contribution >= 4 is 0 Å². The molecule has 4 atom stereocenters. The molecule has 0 aromatic heterocycles. The maximum Gasteiger partial charge on any atom is 0.109 e. The van der Waals surface area contributed by atoms with Crippen LogP contribution in [-0.2, 0) is 0 Å². The predicted molar refractivity (Wildman–Crippen MR) is 46.1 cm³/mol. The molecule has 0 aromatic rings. The molecule has 4 N–H and O–H groups in total. The monoisotopic (exact) mass is 191 g/mol. The average Bonchev–Trinajstić information content (AvgIpc) is 2.13. The van der Waals surface area contributed by atoms with Gasteiger partial charge in [-0.25, -0.2) is 0 Å². The summed E-state index contributed by atoms with van der Waals surface area (Å²) in [6, 6.07) is -0.469. The van der Waals surface area contributed by atoms with E-state index in [1.54, 1.807) is 4.90 Å². The summed E-state index contributed by atoms with van der Waals surface area (Å²) in [5, 5.41) is 37.1. The van der Waals surface area contributed by atoms with Crippen molar-refractivity contribution in [2.24, 2.45) is 0 Å². The molecular formula is C8H17NO4. The van der Waals surface area contributed by atoms with E-state index in [1.165, 1.54) is 0 Å². The van der Waals surface area contributed by atoms with Crippen LogP contribution in [0.4, 0.5) is 0 Å². The Balaban J connectivity index is 2.69. The molecule has 0 aromatic carbocycles. The second-order valence-electron chi connectivity index (χ2n) is 3.39. The van der Waals surface area contributed by atoms with E-state index in [2.05, 4.69) is 0 Å². The Morgan fingerprint density at radius 1 is 1.23 bits per heavy atom. The van der Waals surface area contributed by atoms with E-state index in [0.717, 1.165) is 0 Å². The van der Waals surface area contributed by atoms with Crippen LogP contribution in [-0.4, -0.2) is 69.4 Å². The van der Waals surface area contributed by atoms with Crippen molar-refractivity contribution in [3.05, 3.63) is 0 Å². The maximum atomic E-state index is 9.50. The van der Waals surface area contributed by atoms with Crippen molar-refractivity contribution < 1.29 is 20.4 Å². The molecule has 0 spiro atoms. The molecule has 78 valence electrons. The van der Waals surface area contributed by atoms with Gasteiger partial charge in [-0.15, -0.1) is 0 Å². The number of β-amino-alcohol motifs (C(OH)–C–C–N with tert-alkyl or cyclic N) is 1. The fourth-order valence-corrected chi connectivity index (χ4v) is 1.74. The zero-order valence-corrected chi connectivity index (χ0v) is 7.67. The third-order valence-electron chi connectivity index (χ3n) is 2.62. The highest BCUT2D eigenvalue weighted by molar-refractivity contribution is 4.93. The Kier molecular flexibility index (Phi) is 3.63. The van der Waals surface area contributed by atoms with E-state index >= 15 is 0 Å². The maximum absolute atomic E-state index is 9.50. The molecule has 1 fully saturated rings. The summed E-state index contributed by atoms with van der Waals surface area (Å²) in [6.07, 6.45) is -3.16. The van der Waals surface area contributed by atoms with Crippen LogP contribution in [0.2, 0.25) is 0 Å². The largest absolute Gasteiger partial charge is 0.395 e. The summed E-state index contributed by atoms with van der Waals surface area (Å²) in [5.74, 6) is 0. The minimum absolute atomic E-state index is 0.210. The Morgan fingerprint density at radius 3 is 2.31 bits per heavy atom. The number of aliphatic hydroxyl groups is 4. The number of likely N-dealkylation sites (N-methyl/N-ethyl adjacent to an activating group) is 1. The second kappa shape index (κ2) is 4.34.